The second kappa shape index (κ2) is 6.26. The number of carbonyl (C=O) groups is 2. The number of carboxylic acid groups (broad SMARTS) is 1. The minimum absolute atomic E-state index is 0.00771. The van der Waals surface area contributed by atoms with Crippen LogP contribution in [-0.4, -0.2) is 36.4 Å². The summed E-state index contributed by atoms with van der Waals surface area (Å²) in [6.07, 6.45) is 1.34. The Hall–Kier alpha value is -1.89. The summed E-state index contributed by atoms with van der Waals surface area (Å²) in [4.78, 5) is 22.6. The van der Waals surface area contributed by atoms with Crippen molar-refractivity contribution >= 4 is 27.4 Å². The van der Waals surface area contributed by atoms with Crippen LogP contribution in [0.4, 0.5) is 5.69 Å². The van der Waals surface area contributed by atoms with Gasteiger partial charge in [0.25, 0.3) is 0 Å². The number of carbonyl (C=O) groups excluding carboxylic acids is 1. The average molecular weight is 313 g/mol. The molecule has 0 saturated carbocycles. The van der Waals surface area contributed by atoms with Crippen LogP contribution in [0.25, 0.3) is 0 Å². The molecule has 1 rings (SSSR count). The van der Waals surface area contributed by atoms with Gasteiger partial charge in [-0.1, -0.05) is 12.1 Å². The van der Waals surface area contributed by atoms with E-state index in [2.05, 4.69) is 5.32 Å². The number of sulfone groups is 1. The molecule has 0 fully saturated rings. The number of carboxylic acids is 1. The summed E-state index contributed by atoms with van der Waals surface area (Å²) >= 11 is 0. The molecule has 1 amide bonds. The van der Waals surface area contributed by atoms with Crippen molar-refractivity contribution in [1.29, 1.82) is 0 Å². The van der Waals surface area contributed by atoms with Crippen LogP contribution < -0.4 is 5.32 Å². The first-order chi connectivity index (χ1) is 9.54. The Balaban J connectivity index is 2.87. The van der Waals surface area contributed by atoms with Crippen molar-refractivity contribution in [2.45, 2.75) is 31.4 Å². The number of aryl methyl sites for hydroxylation is 1. The maximum absolute atomic E-state index is 12.1. The van der Waals surface area contributed by atoms with Gasteiger partial charge in [0.15, 0.2) is 9.84 Å². The zero-order valence-electron chi connectivity index (χ0n) is 12.2. The fourth-order valence-corrected chi connectivity index (χ4v) is 1.89. The second-order valence-electron chi connectivity index (χ2n) is 5.33. The molecule has 116 valence electrons. The molecule has 0 unspecified atom stereocenters. The number of aliphatic carboxylic acids is 1. The standard InChI is InChI=1S/C14H19NO5S/c1-14(2,21(3,19)20)13(18)15-11-6-4-5-10(9-11)7-8-12(16)17/h4-6,9H,7-8H2,1-3H3,(H,15,18)(H,16,17). The highest BCUT2D eigenvalue weighted by atomic mass is 32.2. The van der Waals surface area contributed by atoms with E-state index in [0.717, 1.165) is 11.8 Å². The topological polar surface area (TPSA) is 101 Å². The van der Waals surface area contributed by atoms with Gasteiger partial charge in [0.1, 0.15) is 4.75 Å². The zero-order valence-corrected chi connectivity index (χ0v) is 13.0. The fourth-order valence-electron chi connectivity index (χ4n) is 1.51. The van der Waals surface area contributed by atoms with Crippen LogP contribution in [0.15, 0.2) is 24.3 Å². The first-order valence-electron chi connectivity index (χ1n) is 6.36. The summed E-state index contributed by atoms with van der Waals surface area (Å²) in [5, 5.41) is 11.2. The van der Waals surface area contributed by atoms with Gasteiger partial charge in [0, 0.05) is 18.4 Å². The summed E-state index contributed by atoms with van der Waals surface area (Å²) in [5.41, 5.74) is 1.20. The third-order valence-electron chi connectivity index (χ3n) is 3.29. The van der Waals surface area contributed by atoms with E-state index >= 15 is 0 Å². The number of benzene rings is 1. The number of anilines is 1. The second-order valence-corrected chi connectivity index (χ2v) is 7.90. The molecule has 0 saturated heterocycles. The fraction of sp³-hybridized carbons (Fsp3) is 0.429. The molecule has 2 N–H and O–H groups in total. The lowest BCUT2D eigenvalue weighted by Crippen LogP contribution is -2.43. The lowest BCUT2D eigenvalue weighted by Gasteiger charge is -2.21. The van der Waals surface area contributed by atoms with Crippen molar-refractivity contribution < 1.29 is 23.1 Å². The monoisotopic (exact) mass is 313 g/mol. The molecular formula is C14H19NO5S. The van der Waals surface area contributed by atoms with Gasteiger partial charge in [-0.05, 0) is 38.0 Å². The first-order valence-corrected chi connectivity index (χ1v) is 8.25. The first kappa shape index (κ1) is 17.2. The van der Waals surface area contributed by atoms with Crippen molar-refractivity contribution in [3.05, 3.63) is 29.8 Å². The number of nitrogens with one attached hydrogen (secondary N) is 1. The van der Waals surface area contributed by atoms with Gasteiger partial charge in [0.05, 0.1) is 0 Å². The highest BCUT2D eigenvalue weighted by Crippen LogP contribution is 2.19. The highest BCUT2D eigenvalue weighted by Gasteiger charge is 2.38. The predicted molar refractivity (Wildman–Crippen MR) is 80.0 cm³/mol. The van der Waals surface area contributed by atoms with E-state index < -0.39 is 26.5 Å². The Morgan fingerprint density at radius 3 is 2.43 bits per heavy atom. The van der Waals surface area contributed by atoms with Crippen LogP contribution in [0, 0.1) is 0 Å². The van der Waals surface area contributed by atoms with Crippen molar-refractivity contribution in [2.24, 2.45) is 0 Å². The lowest BCUT2D eigenvalue weighted by atomic mass is 10.1. The maximum atomic E-state index is 12.1. The molecule has 0 bridgehead atoms. The molecule has 0 spiro atoms. The molecule has 1 aromatic carbocycles. The van der Waals surface area contributed by atoms with Gasteiger partial charge in [-0.2, -0.15) is 0 Å². The molecule has 0 aromatic heterocycles. The van der Waals surface area contributed by atoms with Gasteiger partial charge in [-0.3, -0.25) is 9.59 Å². The van der Waals surface area contributed by atoms with Crippen LogP contribution >= 0.6 is 0 Å². The third kappa shape index (κ3) is 4.56. The summed E-state index contributed by atoms with van der Waals surface area (Å²) in [5.74, 6) is -1.52. The summed E-state index contributed by atoms with van der Waals surface area (Å²) in [6, 6.07) is 6.69. The van der Waals surface area contributed by atoms with E-state index in [4.69, 9.17) is 5.11 Å². The molecular weight excluding hydrogens is 294 g/mol. The Morgan fingerprint density at radius 1 is 1.29 bits per heavy atom. The maximum Gasteiger partial charge on any atom is 0.303 e. The van der Waals surface area contributed by atoms with Crippen LogP contribution in [-0.2, 0) is 25.8 Å². The molecule has 0 atom stereocenters. The van der Waals surface area contributed by atoms with Crippen LogP contribution in [0.1, 0.15) is 25.8 Å². The highest BCUT2D eigenvalue weighted by molar-refractivity contribution is 7.92. The molecule has 0 radical (unpaired) electrons. The van der Waals surface area contributed by atoms with E-state index in [1.54, 1.807) is 24.3 Å². The third-order valence-corrected chi connectivity index (χ3v) is 5.33. The van der Waals surface area contributed by atoms with Crippen molar-refractivity contribution in [3.8, 4) is 0 Å². The molecule has 21 heavy (non-hydrogen) atoms. The quantitative estimate of drug-likeness (QED) is 0.828. The lowest BCUT2D eigenvalue weighted by molar-refractivity contribution is -0.137. The van der Waals surface area contributed by atoms with Gasteiger partial charge in [-0.25, -0.2) is 8.42 Å². The molecule has 7 heteroatoms. The van der Waals surface area contributed by atoms with Crippen molar-refractivity contribution in [2.75, 3.05) is 11.6 Å². The van der Waals surface area contributed by atoms with E-state index in [1.165, 1.54) is 13.8 Å². The number of rotatable bonds is 6. The largest absolute Gasteiger partial charge is 0.481 e. The molecule has 0 heterocycles. The van der Waals surface area contributed by atoms with Gasteiger partial charge in [-0.15, -0.1) is 0 Å². The van der Waals surface area contributed by atoms with Crippen LogP contribution in [0.5, 0.6) is 0 Å². The van der Waals surface area contributed by atoms with E-state index in [9.17, 15) is 18.0 Å². The molecule has 6 nitrogen and oxygen atoms in total. The smallest absolute Gasteiger partial charge is 0.303 e. The minimum atomic E-state index is -3.54. The summed E-state index contributed by atoms with van der Waals surface area (Å²) in [7, 11) is -3.54. The van der Waals surface area contributed by atoms with Crippen LogP contribution in [0.3, 0.4) is 0 Å². The normalized spacial score (nSPS) is 12.0. The van der Waals surface area contributed by atoms with Gasteiger partial charge >= 0.3 is 5.97 Å². The molecule has 0 aliphatic rings. The number of hydrogen-bond donors (Lipinski definition) is 2. The SMILES string of the molecule is CC(C)(C(=O)Nc1cccc(CCC(=O)O)c1)S(C)(=O)=O. The predicted octanol–water partition coefficient (Wildman–Crippen LogP) is 1.47. The molecule has 1 aromatic rings. The Labute approximate surface area is 124 Å². The van der Waals surface area contributed by atoms with Crippen molar-refractivity contribution in [1.82, 2.24) is 0 Å². The Bertz CT molecular complexity index is 649. The van der Waals surface area contributed by atoms with Gasteiger partial charge in [0.2, 0.25) is 5.91 Å². The summed E-state index contributed by atoms with van der Waals surface area (Å²) < 4.78 is 21.7. The zero-order chi connectivity index (χ0) is 16.3. The Kier molecular flexibility index (Phi) is 5.11. The Morgan fingerprint density at radius 2 is 1.90 bits per heavy atom. The minimum Gasteiger partial charge on any atom is -0.481 e. The van der Waals surface area contributed by atoms with Gasteiger partial charge < -0.3 is 10.4 Å². The van der Waals surface area contributed by atoms with Crippen molar-refractivity contribution in [3.63, 3.8) is 0 Å². The van der Waals surface area contributed by atoms with E-state index in [-0.39, 0.29) is 6.42 Å². The number of hydrogen-bond acceptors (Lipinski definition) is 4. The number of amides is 1. The average Bonchev–Trinajstić information content (AvgIpc) is 2.35. The van der Waals surface area contributed by atoms with E-state index in [0.29, 0.717) is 12.1 Å². The molecule has 0 aliphatic carbocycles. The van der Waals surface area contributed by atoms with Crippen LogP contribution in [0.2, 0.25) is 0 Å². The van der Waals surface area contributed by atoms with E-state index in [1.807, 2.05) is 0 Å². The molecule has 0 aliphatic heterocycles. The summed E-state index contributed by atoms with van der Waals surface area (Å²) in [6.45, 7) is 2.68.